The average Bonchev–Trinajstić information content (AvgIpc) is 3.60. The summed E-state index contributed by atoms with van der Waals surface area (Å²) in [6, 6.07) is 68.1. The minimum absolute atomic E-state index is 1.24. The molecule has 1 heteroatoms. The molecular weight excluding hydrogens is 657 g/mol. The molecule has 1 aromatic heterocycles. The first-order valence-electron chi connectivity index (χ1n) is 18.3. The predicted molar refractivity (Wildman–Crippen MR) is 233 cm³/mol. The molecule has 53 heavy (non-hydrogen) atoms. The number of hydrogen-bond acceptors (Lipinski definition) is 1. The normalized spacial score (nSPS) is 12.2. The SMILES string of the molecule is c1ccc2c(-c3cc4c5ccccc5c(-c5ccc6c(c5)c5ccccc5c5cc7c(cc65)sc5ccccc57)cc4c4ccccc34)cccc2c1. The van der Waals surface area contributed by atoms with Crippen LogP contribution in [0.1, 0.15) is 0 Å². The van der Waals surface area contributed by atoms with Gasteiger partial charge in [0.1, 0.15) is 0 Å². The fourth-order valence-electron chi connectivity index (χ4n) is 9.21. The number of benzene rings is 11. The van der Waals surface area contributed by atoms with Crippen molar-refractivity contribution < 1.29 is 0 Å². The molecule has 0 aliphatic carbocycles. The van der Waals surface area contributed by atoms with Crippen LogP contribution in [0.3, 0.4) is 0 Å². The van der Waals surface area contributed by atoms with E-state index in [4.69, 9.17) is 0 Å². The molecule has 12 rings (SSSR count). The Morgan fingerprint density at radius 3 is 1.45 bits per heavy atom. The highest BCUT2D eigenvalue weighted by Crippen LogP contribution is 2.46. The zero-order chi connectivity index (χ0) is 34.6. The molecule has 0 radical (unpaired) electrons. The molecule has 0 aliphatic heterocycles. The number of thiophene rings is 1. The Balaban J connectivity index is 1.15. The Hall–Kier alpha value is -6.54. The van der Waals surface area contributed by atoms with E-state index in [2.05, 4.69) is 182 Å². The molecule has 244 valence electrons. The van der Waals surface area contributed by atoms with E-state index < -0.39 is 0 Å². The summed E-state index contributed by atoms with van der Waals surface area (Å²) in [6.07, 6.45) is 0. The number of hydrogen-bond donors (Lipinski definition) is 0. The average molecular weight is 687 g/mol. The van der Waals surface area contributed by atoms with Crippen molar-refractivity contribution in [3.05, 3.63) is 182 Å². The summed E-state index contributed by atoms with van der Waals surface area (Å²) in [4.78, 5) is 0. The van der Waals surface area contributed by atoms with Gasteiger partial charge in [-0.25, -0.2) is 0 Å². The van der Waals surface area contributed by atoms with Crippen molar-refractivity contribution >= 4 is 107 Å². The van der Waals surface area contributed by atoms with Crippen LogP contribution < -0.4 is 0 Å². The molecular formula is C52H30S. The Morgan fingerprint density at radius 2 is 0.717 bits per heavy atom. The van der Waals surface area contributed by atoms with E-state index in [-0.39, 0.29) is 0 Å². The highest BCUT2D eigenvalue weighted by Gasteiger charge is 2.18. The molecule has 0 atom stereocenters. The van der Waals surface area contributed by atoms with Crippen LogP contribution in [0.4, 0.5) is 0 Å². The third-order valence-corrected chi connectivity index (χ3v) is 12.7. The van der Waals surface area contributed by atoms with Crippen molar-refractivity contribution in [3.8, 4) is 22.3 Å². The van der Waals surface area contributed by atoms with Crippen molar-refractivity contribution in [1.29, 1.82) is 0 Å². The highest BCUT2D eigenvalue weighted by atomic mass is 32.1. The molecule has 0 saturated heterocycles. The topological polar surface area (TPSA) is 0 Å². The van der Waals surface area contributed by atoms with E-state index in [0.717, 1.165) is 0 Å². The molecule has 0 N–H and O–H groups in total. The van der Waals surface area contributed by atoms with Crippen LogP contribution in [0.5, 0.6) is 0 Å². The monoisotopic (exact) mass is 686 g/mol. The first-order valence-corrected chi connectivity index (χ1v) is 19.2. The van der Waals surface area contributed by atoms with Crippen molar-refractivity contribution in [2.45, 2.75) is 0 Å². The number of fused-ring (bicyclic) bond motifs is 15. The smallest absolute Gasteiger partial charge is 0.0362 e. The molecule has 0 fully saturated rings. The zero-order valence-electron chi connectivity index (χ0n) is 28.7. The Morgan fingerprint density at radius 1 is 0.226 bits per heavy atom. The largest absolute Gasteiger partial charge is 0.135 e. The van der Waals surface area contributed by atoms with Crippen LogP contribution in [-0.4, -0.2) is 0 Å². The highest BCUT2D eigenvalue weighted by molar-refractivity contribution is 7.25. The van der Waals surface area contributed by atoms with Gasteiger partial charge in [-0.3, -0.25) is 0 Å². The van der Waals surface area contributed by atoms with Gasteiger partial charge in [0, 0.05) is 20.2 Å². The van der Waals surface area contributed by atoms with E-state index in [1.165, 1.54) is 118 Å². The minimum Gasteiger partial charge on any atom is -0.135 e. The van der Waals surface area contributed by atoms with Crippen LogP contribution in [-0.2, 0) is 0 Å². The summed E-state index contributed by atoms with van der Waals surface area (Å²) in [5, 5.41) is 20.8. The second kappa shape index (κ2) is 11.0. The third-order valence-electron chi connectivity index (χ3n) is 11.6. The molecule has 0 spiro atoms. The lowest BCUT2D eigenvalue weighted by atomic mass is 9.86. The molecule has 0 bridgehead atoms. The summed E-state index contributed by atoms with van der Waals surface area (Å²) in [5.41, 5.74) is 5.06. The lowest BCUT2D eigenvalue weighted by Crippen LogP contribution is -1.90. The molecule has 0 amide bonds. The third kappa shape index (κ3) is 4.17. The second-order valence-corrected chi connectivity index (χ2v) is 15.4. The summed E-state index contributed by atoms with van der Waals surface area (Å²) in [5.74, 6) is 0. The summed E-state index contributed by atoms with van der Waals surface area (Å²) in [7, 11) is 0. The zero-order valence-corrected chi connectivity index (χ0v) is 29.5. The molecule has 1 heterocycles. The van der Waals surface area contributed by atoms with E-state index in [1.54, 1.807) is 0 Å². The fraction of sp³-hybridized carbons (Fsp3) is 0. The molecule has 12 aromatic rings. The van der Waals surface area contributed by atoms with Gasteiger partial charge in [-0.1, -0.05) is 146 Å². The van der Waals surface area contributed by atoms with Gasteiger partial charge >= 0.3 is 0 Å². The van der Waals surface area contributed by atoms with Gasteiger partial charge in [0.15, 0.2) is 0 Å². The van der Waals surface area contributed by atoms with Gasteiger partial charge in [0.05, 0.1) is 0 Å². The predicted octanol–water partition coefficient (Wildman–Crippen LogP) is 15.5. The van der Waals surface area contributed by atoms with Crippen molar-refractivity contribution in [2.24, 2.45) is 0 Å². The van der Waals surface area contributed by atoms with Gasteiger partial charge in [-0.05, 0) is 134 Å². The quantitative estimate of drug-likeness (QED) is 0.159. The van der Waals surface area contributed by atoms with Crippen molar-refractivity contribution in [3.63, 3.8) is 0 Å². The maximum absolute atomic E-state index is 2.46. The summed E-state index contributed by atoms with van der Waals surface area (Å²) >= 11 is 1.89. The molecule has 0 nitrogen and oxygen atoms in total. The first-order chi connectivity index (χ1) is 26.3. The van der Waals surface area contributed by atoms with Crippen molar-refractivity contribution in [1.82, 2.24) is 0 Å². The number of rotatable bonds is 2. The molecule has 0 unspecified atom stereocenters. The first kappa shape index (κ1) is 29.1. The Labute approximate surface area is 309 Å². The van der Waals surface area contributed by atoms with E-state index in [1.807, 2.05) is 11.3 Å². The van der Waals surface area contributed by atoms with Crippen LogP contribution in [0, 0.1) is 0 Å². The van der Waals surface area contributed by atoms with Gasteiger partial charge in [0.2, 0.25) is 0 Å². The van der Waals surface area contributed by atoms with E-state index >= 15 is 0 Å². The van der Waals surface area contributed by atoms with E-state index in [9.17, 15) is 0 Å². The maximum Gasteiger partial charge on any atom is 0.0362 e. The van der Waals surface area contributed by atoms with Gasteiger partial charge in [0.25, 0.3) is 0 Å². The van der Waals surface area contributed by atoms with Crippen molar-refractivity contribution in [2.75, 3.05) is 0 Å². The molecule has 0 saturated carbocycles. The fourth-order valence-corrected chi connectivity index (χ4v) is 10.3. The lowest BCUT2D eigenvalue weighted by molar-refractivity contribution is 1.70. The van der Waals surface area contributed by atoms with Crippen LogP contribution >= 0.6 is 11.3 Å². The van der Waals surface area contributed by atoms with Gasteiger partial charge < -0.3 is 0 Å². The molecule has 11 aromatic carbocycles. The Kier molecular flexibility index (Phi) is 6.03. The minimum atomic E-state index is 1.24. The second-order valence-electron chi connectivity index (χ2n) is 14.4. The Bertz CT molecular complexity index is 3500. The van der Waals surface area contributed by atoms with Gasteiger partial charge in [-0.15, -0.1) is 11.3 Å². The lowest BCUT2D eigenvalue weighted by Gasteiger charge is -2.17. The molecule has 0 aliphatic rings. The standard InChI is InChI=1S/C52H30S/c1-2-14-33-31(12-1)13-11-22-34(33)45-28-47-36-16-4-3-15-35(36)43(27-46(47)40-20-8-6-18-38(40)45)32-24-25-41-44(26-32)37-17-5-7-19-39(37)48-29-50-42-21-9-10-23-51(42)53-52(50)30-49(41)48/h1-30H. The summed E-state index contributed by atoms with van der Waals surface area (Å²) < 4.78 is 2.68. The van der Waals surface area contributed by atoms with Gasteiger partial charge in [-0.2, -0.15) is 0 Å². The van der Waals surface area contributed by atoms with E-state index in [0.29, 0.717) is 0 Å². The maximum atomic E-state index is 2.46. The van der Waals surface area contributed by atoms with Crippen LogP contribution in [0.25, 0.3) is 118 Å². The van der Waals surface area contributed by atoms with Crippen LogP contribution in [0.15, 0.2) is 182 Å². The summed E-state index contributed by atoms with van der Waals surface area (Å²) in [6.45, 7) is 0. The van der Waals surface area contributed by atoms with Crippen LogP contribution in [0.2, 0.25) is 0 Å².